The number of rotatable bonds is 9. The third kappa shape index (κ3) is 6.15. The molecule has 2 aliphatic rings. The summed E-state index contributed by atoms with van der Waals surface area (Å²) in [4.78, 5) is 12.7. The Morgan fingerprint density at radius 1 is 1.00 bits per heavy atom. The summed E-state index contributed by atoms with van der Waals surface area (Å²) in [7, 11) is -3.44. The van der Waals surface area contributed by atoms with Crippen LogP contribution in [-0.2, 0) is 26.0 Å². The third-order valence-electron chi connectivity index (χ3n) is 5.91. The topological polar surface area (TPSA) is 84.5 Å². The Kier molecular flexibility index (Phi) is 7.05. The molecule has 2 fully saturated rings. The van der Waals surface area contributed by atoms with Crippen LogP contribution >= 0.6 is 0 Å². The molecule has 1 aliphatic heterocycles. The van der Waals surface area contributed by atoms with Crippen molar-refractivity contribution < 1.29 is 17.9 Å². The SMILES string of the molecule is O=C(CCc1ccc(S(=O)(=O)NC2CC2)cc1)NCC1CCCOC1c1ccccc1. The van der Waals surface area contributed by atoms with E-state index < -0.39 is 10.0 Å². The van der Waals surface area contributed by atoms with Crippen molar-refractivity contribution in [3.8, 4) is 0 Å². The van der Waals surface area contributed by atoms with Crippen molar-refractivity contribution in [2.24, 2.45) is 5.92 Å². The molecule has 0 spiro atoms. The van der Waals surface area contributed by atoms with Gasteiger partial charge in [-0.05, 0) is 55.4 Å². The van der Waals surface area contributed by atoms with Crippen LogP contribution in [0.25, 0.3) is 0 Å². The van der Waals surface area contributed by atoms with Crippen molar-refractivity contribution in [3.63, 3.8) is 0 Å². The fourth-order valence-electron chi connectivity index (χ4n) is 3.98. The van der Waals surface area contributed by atoms with Crippen molar-refractivity contribution in [2.75, 3.05) is 13.2 Å². The summed E-state index contributed by atoms with van der Waals surface area (Å²) in [6.45, 7) is 1.36. The van der Waals surface area contributed by atoms with E-state index in [9.17, 15) is 13.2 Å². The largest absolute Gasteiger partial charge is 0.373 e. The van der Waals surface area contributed by atoms with E-state index >= 15 is 0 Å². The minimum absolute atomic E-state index is 0.00415. The monoisotopic (exact) mass is 442 g/mol. The molecule has 31 heavy (non-hydrogen) atoms. The quantitative estimate of drug-likeness (QED) is 0.624. The van der Waals surface area contributed by atoms with Crippen molar-refractivity contribution in [1.29, 1.82) is 0 Å². The number of hydrogen-bond acceptors (Lipinski definition) is 4. The zero-order chi connectivity index (χ0) is 21.7. The fraction of sp³-hybridized carbons (Fsp3) is 0.458. The van der Waals surface area contributed by atoms with E-state index in [1.165, 1.54) is 0 Å². The predicted molar refractivity (Wildman–Crippen MR) is 119 cm³/mol. The number of carbonyl (C=O) groups excluding carboxylic acids is 1. The molecule has 1 heterocycles. The van der Waals surface area contributed by atoms with E-state index in [4.69, 9.17) is 4.74 Å². The van der Waals surface area contributed by atoms with Gasteiger partial charge >= 0.3 is 0 Å². The molecule has 7 heteroatoms. The van der Waals surface area contributed by atoms with Crippen LogP contribution in [0.2, 0.25) is 0 Å². The van der Waals surface area contributed by atoms with Crippen LogP contribution in [-0.4, -0.2) is 33.5 Å². The minimum atomic E-state index is -3.44. The second-order valence-corrected chi connectivity index (χ2v) is 10.2. The third-order valence-corrected chi connectivity index (χ3v) is 7.44. The first-order valence-electron chi connectivity index (χ1n) is 11.1. The highest BCUT2D eigenvalue weighted by atomic mass is 32.2. The van der Waals surface area contributed by atoms with E-state index in [0.29, 0.717) is 19.4 Å². The molecule has 2 unspecified atom stereocenters. The molecule has 4 rings (SSSR count). The first-order valence-corrected chi connectivity index (χ1v) is 12.5. The minimum Gasteiger partial charge on any atom is -0.373 e. The number of sulfonamides is 1. The van der Waals surface area contributed by atoms with Gasteiger partial charge in [-0.25, -0.2) is 13.1 Å². The zero-order valence-electron chi connectivity index (χ0n) is 17.6. The van der Waals surface area contributed by atoms with Crippen LogP contribution in [0, 0.1) is 5.92 Å². The molecule has 166 valence electrons. The van der Waals surface area contributed by atoms with Gasteiger partial charge in [0.25, 0.3) is 0 Å². The van der Waals surface area contributed by atoms with Gasteiger partial charge in [-0.1, -0.05) is 42.5 Å². The van der Waals surface area contributed by atoms with Gasteiger partial charge in [-0.3, -0.25) is 4.79 Å². The van der Waals surface area contributed by atoms with E-state index in [-0.39, 0.29) is 28.9 Å². The van der Waals surface area contributed by atoms with Gasteiger partial charge in [-0.2, -0.15) is 0 Å². The number of carbonyl (C=O) groups is 1. The Balaban J connectivity index is 1.25. The number of amides is 1. The van der Waals surface area contributed by atoms with Gasteiger partial charge < -0.3 is 10.1 Å². The summed E-state index contributed by atoms with van der Waals surface area (Å²) < 4.78 is 33.2. The standard InChI is InChI=1S/C24H30N2O4S/c27-23(25-17-20-7-4-16-30-24(20)19-5-2-1-3-6-19)15-10-18-8-13-22(14-9-18)31(28,29)26-21-11-12-21/h1-3,5-6,8-9,13-14,20-21,24,26H,4,7,10-12,15-17H2,(H,25,27). The average molecular weight is 443 g/mol. The van der Waals surface area contributed by atoms with Crippen LogP contribution in [0.15, 0.2) is 59.5 Å². The van der Waals surface area contributed by atoms with Crippen molar-refractivity contribution in [1.82, 2.24) is 10.0 Å². The van der Waals surface area contributed by atoms with Gasteiger partial charge in [0.15, 0.2) is 0 Å². The Morgan fingerprint density at radius 2 is 1.74 bits per heavy atom. The van der Waals surface area contributed by atoms with E-state index in [2.05, 4.69) is 22.2 Å². The molecule has 1 aliphatic carbocycles. The van der Waals surface area contributed by atoms with Gasteiger partial charge in [-0.15, -0.1) is 0 Å². The first-order chi connectivity index (χ1) is 15.0. The zero-order valence-corrected chi connectivity index (χ0v) is 18.4. The van der Waals surface area contributed by atoms with Gasteiger partial charge in [0.05, 0.1) is 11.0 Å². The van der Waals surface area contributed by atoms with Crippen molar-refractivity contribution in [2.45, 2.75) is 55.6 Å². The highest BCUT2D eigenvalue weighted by Crippen LogP contribution is 2.33. The summed E-state index contributed by atoms with van der Waals surface area (Å²) in [5.74, 6) is 0.271. The second-order valence-electron chi connectivity index (χ2n) is 8.45. The molecule has 0 bridgehead atoms. The summed E-state index contributed by atoms with van der Waals surface area (Å²) >= 11 is 0. The molecule has 2 atom stereocenters. The van der Waals surface area contributed by atoms with Crippen LogP contribution in [0.3, 0.4) is 0 Å². The second kappa shape index (κ2) is 9.94. The Bertz CT molecular complexity index is 972. The maximum Gasteiger partial charge on any atom is 0.240 e. The fourth-order valence-corrected chi connectivity index (χ4v) is 5.28. The van der Waals surface area contributed by atoms with Gasteiger partial charge in [0.1, 0.15) is 0 Å². The molecule has 0 aromatic heterocycles. The summed E-state index contributed by atoms with van der Waals surface area (Å²) in [5, 5.41) is 3.06. The molecule has 6 nitrogen and oxygen atoms in total. The molecule has 1 saturated carbocycles. The molecule has 2 N–H and O–H groups in total. The first kappa shape index (κ1) is 22.0. The Labute approximate surface area is 184 Å². The highest BCUT2D eigenvalue weighted by Gasteiger charge is 2.28. The average Bonchev–Trinajstić information content (AvgIpc) is 3.60. The predicted octanol–water partition coefficient (Wildman–Crippen LogP) is 3.34. The van der Waals surface area contributed by atoms with Crippen molar-refractivity contribution in [3.05, 3.63) is 65.7 Å². The summed E-state index contributed by atoms with van der Waals surface area (Å²) in [5.41, 5.74) is 2.11. The number of aryl methyl sites for hydroxylation is 1. The van der Waals surface area contributed by atoms with Crippen LogP contribution in [0.5, 0.6) is 0 Å². The lowest BCUT2D eigenvalue weighted by Gasteiger charge is -2.32. The van der Waals surface area contributed by atoms with Gasteiger partial charge in [0.2, 0.25) is 15.9 Å². The number of ether oxygens (including phenoxy) is 1. The smallest absolute Gasteiger partial charge is 0.240 e. The van der Waals surface area contributed by atoms with Crippen LogP contribution < -0.4 is 10.0 Å². The van der Waals surface area contributed by atoms with Crippen LogP contribution in [0.1, 0.15) is 49.3 Å². The molecule has 2 aromatic rings. The molecular formula is C24H30N2O4S. The summed E-state index contributed by atoms with van der Waals surface area (Å²) in [6, 6.07) is 17.1. The Morgan fingerprint density at radius 3 is 2.45 bits per heavy atom. The lowest BCUT2D eigenvalue weighted by Crippen LogP contribution is -2.35. The Hall–Kier alpha value is -2.22. The number of hydrogen-bond donors (Lipinski definition) is 2. The normalized spacial score (nSPS) is 21.5. The highest BCUT2D eigenvalue weighted by molar-refractivity contribution is 7.89. The number of benzene rings is 2. The van der Waals surface area contributed by atoms with E-state index in [1.807, 2.05) is 18.2 Å². The van der Waals surface area contributed by atoms with Gasteiger partial charge in [0, 0.05) is 31.5 Å². The lowest BCUT2D eigenvalue weighted by atomic mass is 9.89. The lowest BCUT2D eigenvalue weighted by molar-refractivity contribution is -0.121. The van der Waals surface area contributed by atoms with E-state index in [0.717, 1.165) is 43.4 Å². The molecule has 1 saturated heterocycles. The van der Waals surface area contributed by atoms with Crippen molar-refractivity contribution >= 4 is 15.9 Å². The maximum absolute atomic E-state index is 12.4. The molecule has 1 amide bonds. The van der Waals surface area contributed by atoms with E-state index in [1.54, 1.807) is 24.3 Å². The molecule has 2 aromatic carbocycles. The summed E-state index contributed by atoms with van der Waals surface area (Å²) in [6.07, 6.45) is 4.83. The maximum atomic E-state index is 12.4. The number of nitrogens with one attached hydrogen (secondary N) is 2. The molecular weight excluding hydrogens is 412 g/mol. The molecule has 0 radical (unpaired) electrons. The van der Waals surface area contributed by atoms with Crippen LogP contribution in [0.4, 0.5) is 0 Å².